The van der Waals surface area contributed by atoms with Crippen LogP contribution >= 0.6 is 0 Å². The number of nitrogens with one attached hydrogen (secondary N) is 1. The molecule has 3 N–H and O–H groups in total. The molecule has 0 bridgehead atoms. The molecule has 0 aliphatic rings. The number of esters is 1. The molecule has 0 fully saturated rings. The molecule has 0 aromatic rings. The van der Waals surface area contributed by atoms with E-state index in [0.717, 1.165) is 89.9 Å². The maximum Gasteiger partial charge on any atom is 0.306 e. The number of aliphatic hydroxyl groups excluding tert-OH is 2. The number of unbranched alkanes of at least 4 members (excludes halogenated alkanes) is 32. The third kappa shape index (κ3) is 50.0. The third-order valence-corrected chi connectivity index (χ3v) is 13.3. The van der Waals surface area contributed by atoms with Crippen molar-refractivity contribution in [2.75, 3.05) is 6.61 Å². The van der Waals surface area contributed by atoms with Gasteiger partial charge in [-0.15, -0.1) is 0 Å². The maximum atomic E-state index is 13.3. The predicted molar refractivity (Wildman–Crippen MR) is 296 cm³/mol. The fourth-order valence-corrected chi connectivity index (χ4v) is 8.84. The molecule has 3 unspecified atom stereocenters. The summed E-state index contributed by atoms with van der Waals surface area (Å²) in [6, 6.07) is -0.714. The van der Waals surface area contributed by atoms with E-state index < -0.39 is 18.2 Å². The van der Waals surface area contributed by atoms with Crippen LogP contribution in [0.25, 0.3) is 0 Å². The summed E-state index contributed by atoms with van der Waals surface area (Å²) in [6.07, 6.45) is 69.9. The number of aliphatic hydroxyl groups is 2. The molecule has 6 nitrogen and oxygen atoms in total. The van der Waals surface area contributed by atoms with E-state index in [1.165, 1.54) is 161 Å². The van der Waals surface area contributed by atoms with E-state index in [1.807, 2.05) is 0 Å². The van der Waals surface area contributed by atoms with E-state index in [2.05, 4.69) is 86.8 Å². The molecular weight excluding hydrogens is 839 g/mol. The molecule has 0 aliphatic heterocycles. The lowest BCUT2D eigenvalue weighted by molar-refractivity contribution is -0.151. The number of ether oxygens (including phenoxy) is 1. The maximum absolute atomic E-state index is 13.3. The third-order valence-electron chi connectivity index (χ3n) is 13.3. The minimum atomic E-state index is -0.799. The minimum absolute atomic E-state index is 0.0576. The van der Waals surface area contributed by atoms with Gasteiger partial charge in [0.1, 0.15) is 6.10 Å². The Labute approximate surface area is 422 Å². The Morgan fingerprint density at radius 3 is 1.25 bits per heavy atom. The zero-order chi connectivity index (χ0) is 49.5. The molecule has 0 aromatic carbocycles. The largest absolute Gasteiger partial charge is 0.462 e. The van der Waals surface area contributed by atoms with Crippen LogP contribution < -0.4 is 5.32 Å². The number of amides is 1. The van der Waals surface area contributed by atoms with Crippen molar-refractivity contribution >= 4 is 11.9 Å². The van der Waals surface area contributed by atoms with Crippen molar-refractivity contribution in [3.8, 4) is 0 Å². The first-order valence-corrected chi connectivity index (χ1v) is 29.5. The number of rotatable bonds is 53. The van der Waals surface area contributed by atoms with Gasteiger partial charge in [-0.2, -0.15) is 0 Å². The second kappa shape index (κ2) is 55.5. The highest BCUT2D eigenvalue weighted by Crippen LogP contribution is 2.18. The average Bonchev–Trinajstić information content (AvgIpc) is 3.33. The first kappa shape index (κ1) is 65.6. The van der Waals surface area contributed by atoms with Gasteiger partial charge in [-0.25, -0.2) is 0 Å². The van der Waals surface area contributed by atoms with E-state index in [4.69, 9.17) is 4.74 Å². The summed E-state index contributed by atoms with van der Waals surface area (Å²) in [4.78, 5) is 26.3. The molecule has 0 aliphatic carbocycles. The molecule has 6 heteroatoms. The zero-order valence-corrected chi connectivity index (χ0v) is 45.2. The summed E-state index contributed by atoms with van der Waals surface area (Å²) in [5.74, 6) is -0.501. The van der Waals surface area contributed by atoms with Crippen molar-refractivity contribution in [1.29, 1.82) is 0 Å². The second-order valence-corrected chi connectivity index (χ2v) is 20.1. The fraction of sp³-hybridized carbons (Fsp3) is 0.806. The van der Waals surface area contributed by atoms with Crippen LogP contribution in [0.2, 0.25) is 0 Å². The molecule has 1 amide bonds. The summed E-state index contributed by atoms with van der Waals surface area (Å²) in [5.41, 5.74) is 0. The summed E-state index contributed by atoms with van der Waals surface area (Å²) in [6.45, 7) is 6.45. The number of carbonyl (C=O) groups excluding carboxylic acids is 2. The molecule has 396 valence electrons. The van der Waals surface area contributed by atoms with E-state index in [0.29, 0.717) is 19.3 Å². The quantitative estimate of drug-likeness (QED) is 0.0244. The van der Waals surface area contributed by atoms with Gasteiger partial charge in [0, 0.05) is 6.42 Å². The Balaban J connectivity index is 4.60. The SMILES string of the molecule is CCCCC/C=C\C/C=C\C/C=C\CCCCCCC(CC(=O)NC(CO)C(O)CCCCCCCCCCCCCCCCCCC)OC(=O)CCCCCCCC/C=C/C=C/CCCCC. The summed E-state index contributed by atoms with van der Waals surface area (Å²) in [5, 5.41) is 23.9. The Kier molecular flexibility index (Phi) is 53.5. The molecule has 0 radical (unpaired) electrons. The highest BCUT2D eigenvalue weighted by Gasteiger charge is 2.24. The van der Waals surface area contributed by atoms with Crippen LogP contribution in [-0.2, 0) is 14.3 Å². The van der Waals surface area contributed by atoms with Crippen molar-refractivity contribution in [3.05, 3.63) is 60.8 Å². The zero-order valence-electron chi connectivity index (χ0n) is 45.2. The number of hydrogen-bond acceptors (Lipinski definition) is 5. The smallest absolute Gasteiger partial charge is 0.306 e. The lowest BCUT2D eigenvalue weighted by Gasteiger charge is -2.24. The van der Waals surface area contributed by atoms with Crippen molar-refractivity contribution in [2.24, 2.45) is 0 Å². The summed E-state index contributed by atoms with van der Waals surface area (Å²) >= 11 is 0. The minimum Gasteiger partial charge on any atom is -0.462 e. The molecular formula is C62H113NO5. The predicted octanol–water partition coefficient (Wildman–Crippen LogP) is 18.4. The van der Waals surface area contributed by atoms with Crippen LogP contribution in [0.5, 0.6) is 0 Å². The van der Waals surface area contributed by atoms with Gasteiger partial charge in [0.2, 0.25) is 5.91 Å². The van der Waals surface area contributed by atoms with Gasteiger partial charge >= 0.3 is 5.97 Å². The number of allylic oxidation sites excluding steroid dienone is 10. The van der Waals surface area contributed by atoms with Crippen LogP contribution in [0.15, 0.2) is 60.8 Å². The van der Waals surface area contributed by atoms with Crippen molar-refractivity contribution in [1.82, 2.24) is 5.32 Å². The van der Waals surface area contributed by atoms with E-state index in [9.17, 15) is 19.8 Å². The van der Waals surface area contributed by atoms with Gasteiger partial charge < -0.3 is 20.3 Å². The summed E-state index contributed by atoms with van der Waals surface area (Å²) < 4.78 is 5.95. The van der Waals surface area contributed by atoms with E-state index in [-0.39, 0.29) is 24.9 Å². The van der Waals surface area contributed by atoms with Gasteiger partial charge in [-0.05, 0) is 89.9 Å². The van der Waals surface area contributed by atoms with Gasteiger partial charge in [-0.3, -0.25) is 9.59 Å². The topological polar surface area (TPSA) is 95.9 Å². The van der Waals surface area contributed by atoms with Crippen molar-refractivity contribution < 1.29 is 24.5 Å². The molecule has 68 heavy (non-hydrogen) atoms. The van der Waals surface area contributed by atoms with Gasteiger partial charge in [-0.1, -0.05) is 255 Å². The molecule has 0 rings (SSSR count). The van der Waals surface area contributed by atoms with Crippen LogP contribution in [-0.4, -0.2) is 46.9 Å². The Morgan fingerprint density at radius 1 is 0.441 bits per heavy atom. The van der Waals surface area contributed by atoms with Crippen molar-refractivity contribution in [2.45, 2.75) is 315 Å². The van der Waals surface area contributed by atoms with Crippen LogP contribution in [0, 0.1) is 0 Å². The Hall–Kier alpha value is -2.44. The van der Waals surface area contributed by atoms with Gasteiger partial charge in [0.25, 0.3) is 0 Å². The average molecular weight is 953 g/mol. The number of carbonyl (C=O) groups is 2. The Morgan fingerprint density at radius 2 is 0.794 bits per heavy atom. The van der Waals surface area contributed by atoms with Gasteiger partial charge in [0.15, 0.2) is 0 Å². The second-order valence-electron chi connectivity index (χ2n) is 20.1. The van der Waals surface area contributed by atoms with E-state index >= 15 is 0 Å². The van der Waals surface area contributed by atoms with Crippen LogP contribution in [0.1, 0.15) is 297 Å². The van der Waals surface area contributed by atoms with Crippen molar-refractivity contribution in [3.63, 3.8) is 0 Å². The standard InChI is InChI=1S/C62H113NO5/c1-4-7-10-13-16-19-22-25-28-30-33-35-38-41-44-47-50-53-58(68-62(67)55-52-49-46-43-40-37-32-27-24-21-18-15-12-9-6-3)56-61(66)63-59(57-64)60(65)54-51-48-45-42-39-36-34-31-29-26-23-20-17-14-11-8-5-2/h16,18-19,21,24-25,27-28,33,35,58-60,64-65H,4-15,17,20,22-23,26,29-32,34,36-57H2,1-3H3,(H,63,66)/b19-16-,21-18+,27-24+,28-25-,35-33-. The molecule has 0 saturated heterocycles. The molecule has 0 aromatic heterocycles. The fourth-order valence-electron chi connectivity index (χ4n) is 8.84. The highest BCUT2D eigenvalue weighted by molar-refractivity contribution is 5.77. The first-order chi connectivity index (χ1) is 33.5. The number of hydrogen-bond donors (Lipinski definition) is 3. The van der Waals surface area contributed by atoms with Crippen LogP contribution in [0.4, 0.5) is 0 Å². The van der Waals surface area contributed by atoms with Gasteiger partial charge in [0.05, 0.1) is 25.2 Å². The summed E-state index contributed by atoms with van der Waals surface area (Å²) in [7, 11) is 0. The first-order valence-electron chi connectivity index (χ1n) is 29.5. The molecule has 3 atom stereocenters. The molecule has 0 heterocycles. The lowest BCUT2D eigenvalue weighted by Crippen LogP contribution is -2.46. The monoisotopic (exact) mass is 952 g/mol. The molecule has 0 saturated carbocycles. The normalized spacial score (nSPS) is 13.5. The lowest BCUT2D eigenvalue weighted by atomic mass is 10.0. The Bertz CT molecular complexity index is 1210. The highest BCUT2D eigenvalue weighted by atomic mass is 16.5. The molecule has 0 spiro atoms. The van der Waals surface area contributed by atoms with Crippen LogP contribution in [0.3, 0.4) is 0 Å². The van der Waals surface area contributed by atoms with E-state index in [1.54, 1.807) is 0 Å².